The van der Waals surface area contributed by atoms with Crippen molar-refractivity contribution in [3.63, 3.8) is 0 Å². The lowest BCUT2D eigenvalue weighted by atomic mass is 9.98. The van der Waals surface area contributed by atoms with Crippen molar-refractivity contribution in [2.45, 2.75) is 32.4 Å². The molecule has 4 heteroatoms. The van der Waals surface area contributed by atoms with Gasteiger partial charge in [0.15, 0.2) is 0 Å². The van der Waals surface area contributed by atoms with Gasteiger partial charge < -0.3 is 10.6 Å². The maximum atomic E-state index is 12.1. The van der Waals surface area contributed by atoms with Crippen molar-refractivity contribution in [2.24, 2.45) is 5.73 Å². The topological polar surface area (TPSA) is 46.3 Å². The van der Waals surface area contributed by atoms with Crippen molar-refractivity contribution < 1.29 is 4.79 Å². The Morgan fingerprint density at radius 1 is 1.47 bits per heavy atom. The van der Waals surface area contributed by atoms with Crippen LogP contribution in [0.5, 0.6) is 0 Å². The molecule has 1 amide bonds. The molecule has 0 heterocycles. The highest BCUT2D eigenvalue weighted by Gasteiger charge is 2.29. The quantitative estimate of drug-likeness (QED) is 0.897. The smallest absolute Gasteiger partial charge is 0.242 e. The third kappa shape index (κ3) is 3.45. The van der Waals surface area contributed by atoms with Gasteiger partial charge in [-0.05, 0) is 25.0 Å². The monoisotopic (exact) mass is 254 g/mol. The average Bonchev–Trinajstić information content (AvgIpc) is 2.31. The van der Waals surface area contributed by atoms with E-state index in [-0.39, 0.29) is 5.91 Å². The number of nitrogens with two attached hydrogens (primary N) is 1. The number of rotatable bonds is 4. The summed E-state index contributed by atoms with van der Waals surface area (Å²) in [5.41, 5.74) is 6.05. The molecule has 0 fully saturated rings. The van der Waals surface area contributed by atoms with Crippen LogP contribution < -0.4 is 5.73 Å². The minimum Gasteiger partial charge on any atom is -0.340 e. The Labute approximate surface area is 108 Å². The summed E-state index contributed by atoms with van der Waals surface area (Å²) >= 11 is 6.05. The molecule has 0 saturated heterocycles. The maximum Gasteiger partial charge on any atom is 0.242 e. The van der Waals surface area contributed by atoms with Crippen LogP contribution in [-0.4, -0.2) is 23.4 Å². The first-order valence-corrected chi connectivity index (χ1v) is 6.04. The van der Waals surface area contributed by atoms with E-state index in [1.807, 2.05) is 31.2 Å². The van der Waals surface area contributed by atoms with Crippen LogP contribution in [0.3, 0.4) is 0 Å². The molecule has 94 valence electrons. The first kappa shape index (κ1) is 14.0. The zero-order chi connectivity index (χ0) is 13.1. The Morgan fingerprint density at radius 2 is 2.06 bits per heavy atom. The van der Waals surface area contributed by atoms with E-state index >= 15 is 0 Å². The van der Waals surface area contributed by atoms with E-state index in [0.29, 0.717) is 18.0 Å². The normalized spacial score (nSPS) is 14.2. The lowest BCUT2D eigenvalue weighted by Gasteiger charge is -2.28. The first-order chi connectivity index (χ1) is 7.88. The fourth-order valence-corrected chi connectivity index (χ4v) is 1.74. The molecule has 1 atom stereocenters. The molecule has 1 rings (SSSR count). The SMILES string of the molecule is CCC(C)(N)C(=O)N(C)Cc1ccccc1Cl. The molecule has 0 aliphatic rings. The van der Waals surface area contributed by atoms with Gasteiger partial charge in [-0.2, -0.15) is 0 Å². The molecule has 1 aromatic carbocycles. The van der Waals surface area contributed by atoms with Crippen molar-refractivity contribution in [3.05, 3.63) is 34.9 Å². The number of halogens is 1. The Balaban J connectivity index is 2.77. The van der Waals surface area contributed by atoms with Gasteiger partial charge in [-0.3, -0.25) is 4.79 Å². The molecule has 0 radical (unpaired) electrons. The van der Waals surface area contributed by atoms with Crippen LogP contribution in [-0.2, 0) is 11.3 Å². The second kappa shape index (κ2) is 5.52. The molecule has 1 unspecified atom stereocenters. The number of carbonyl (C=O) groups is 1. The van der Waals surface area contributed by atoms with E-state index in [1.165, 1.54) is 0 Å². The van der Waals surface area contributed by atoms with Gasteiger partial charge in [0.25, 0.3) is 0 Å². The van der Waals surface area contributed by atoms with Crippen molar-refractivity contribution in [1.82, 2.24) is 4.90 Å². The summed E-state index contributed by atoms with van der Waals surface area (Å²) < 4.78 is 0. The van der Waals surface area contributed by atoms with Gasteiger partial charge in [0.2, 0.25) is 5.91 Å². The van der Waals surface area contributed by atoms with Crippen LogP contribution in [0.1, 0.15) is 25.8 Å². The van der Waals surface area contributed by atoms with Crippen molar-refractivity contribution in [1.29, 1.82) is 0 Å². The number of amides is 1. The molecular formula is C13H19ClN2O. The second-order valence-electron chi connectivity index (χ2n) is 4.52. The van der Waals surface area contributed by atoms with E-state index in [1.54, 1.807) is 18.9 Å². The fraction of sp³-hybridized carbons (Fsp3) is 0.462. The molecule has 0 aliphatic heterocycles. The molecular weight excluding hydrogens is 236 g/mol. The van der Waals surface area contributed by atoms with E-state index in [9.17, 15) is 4.79 Å². The lowest BCUT2D eigenvalue weighted by molar-refractivity contribution is -0.135. The number of benzene rings is 1. The van der Waals surface area contributed by atoms with Crippen LogP contribution in [0.2, 0.25) is 5.02 Å². The highest BCUT2D eigenvalue weighted by Crippen LogP contribution is 2.18. The molecule has 0 aromatic heterocycles. The van der Waals surface area contributed by atoms with Crippen LogP contribution in [0.15, 0.2) is 24.3 Å². The summed E-state index contributed by atoms with van der Waals surface area (Å²) in [6, 6.07) is 7.50. The van der Waals surface area contributed by atoms with Gasteiger partial charge in [0, 0.05) is 18.6 Å². The fourth-order valence-electron chi connectivity index (χ4n) is 1.54. The van der Waals surface area contributed by atoms with Gasteiger partial charge >= 0.3 is 0 Å². The van der Waals surface area contributed by atoms with Gasteiger partial charge in [0.1, 0.15) is 0 Å². The lowest BCUT2D eigenvalue weighted by Crippen LogP contribution is -2.51. The maximum absolute atomic E-state index is 12.1. The second-order valence-corrected chi connectivity index (χ2v) is 4.93. The van der Waals surface area contributed by atoms with Gasteiger partial charge in [0.05, 0.1) is 5.54 Å². The molecule has 0 spiro atoms. The third-order valence-electron chi connectivity index (χ3n) is 2.94. The third-order valence-corrected chi connectivity index (χ3v) is 3.30. The summed E-state index contributed by atoms with van der Waals surface area (Å²) in [5, 5.41) is 0.669. The Hall–Kier alpha value is -1.06. The largest absolute Gasteiger partial charge is 0.340 e. The van der Waals surface area contributed by atoms with E-state index in [2.05, 4.69) is 0 Å². The summed E-state index contributed by atoms with van der Waals surface area (Å²) in [6.07, 6.45) is 0.610. The van der Waals surface area contributed by atoms with Crippen molar-refractivity contribution in [2.75, 3.05) is 7.05 Å². The molecule has 2 N–H and O–H groups in total. The first-order valence-electron chi connectivity index (χ1n) is 5.66. The number of carbonyl (C=O) groups excluding carboxylic acids is 1. The highest BCUT2D eigenvalue weighted by atomic mass is 35.5. The number of likely N-dealkylation sites (N-methyl/N-ethyl adjacent to an activating group) is 1. The molecule has 3 nitrogen and oxygen atoms in total. The van der Waals surface area contributed by atoms with Crippen LogP contribution in [0, 0.1) is 0 Å². The number of hydrogen-bond donors (Lipinski definition) is 1. The predicted molar refractivity (Wildman–Crippen MR) is 70.8 cm³/mol. The minimum absolute atomic E-state index is 0.0695. The highest BCUT2D eigenvalue weighted by molar-refractivity contribution is 6.31. The predicted octanol–water partition coefficient (Wildman–Crippen LogP) is 2.43. The van der Waals surface area contributed by atoms with Gasteiger partial charge in [-0.15, -0.1) is 0 Å². The summed E-state index contributed by atoms with van der Waals surface area (Å²) in [6.45, 7) is 4.13. The summed E-state index contributed by atoms with van der Waals surface area (Å²) in [7, 11) is 1.74. The standard InChI is InChI=1S/C13H19ClN2O/c1-4-13(2,15)12(17)16(3)9-10-7-5-6-8-11(10)14/h5-8H,4,9,15H2,1-3H3. The van der Waals surface area contributed by atoms with Gasteiger partial charge in [-0.1, -0.05) is 36.7 Å². The Bertz CT molecular complexity index is 404. The molecule has 0 aliphatic carbocycles. The van der Waals surface area contributed by atoms with Crippen molar-refractivity contribution >= 4 is 17.5 Å². The number of nitrogens with zero attached hydrogens (tertiary/aromatic N) is 1. The Morgan fingerprint density at radius 3 is 2.59 bits per heavy atom. The van der Waals surface area contributed by atoms with E-state index in [4.69, 9.17) is 17.3 Å². The Kier molecular flexibility index (Phi) is 4.54. The average molecular weight is 255 g/mol. The zero-order valence-corrected chi connectivity index (χ0v) is 11.3. The van der Waals surface area contributed by atoms with E-state index in [0.717, 1.165) is 5.56 Å². The molecule has 0 bridgehead atoms. The molecule has 17 heavy (non-hydrogen) atoms. The van der Waals surface area contributed by atoms with Gasteiger partial charge in [-0.25, -0.2) is 0 Å². The molecule has 1 aromatic rings. The van der Waals surface area contributed by atoms with Crippen molar-refractivity contribution in [3.8, 4) is 0 Å². The zero-order valence-electron chi connectivity index (χ0n) is 10.5. The summed E-state index contributed by atoms with van der Waals surface area (Å²) in [5.74, 6) is -0.0695. The van der Waals surface area contributed by atoms with Crippen LogP contribution in [0.4, 0.5) is 0 Å². The minimum atomic E-state index is -0.810. The van der Waals surface area contributed by atoms with Crippen LogP contribution >= 0.6 is 11.6 Å². The van der Waals surface area contributed by atoms with Crippen LogP contribution in [0.25, 0.3) is 0 Å². The molecule has 0 saturated carbocycles. The number of hydrogen-bond acceptors (Lipinski definition) is 2. The summed E-state index contributed by atoms with van der Waals surface area (Å²) in [4.78, 5) is 13.7. The van der Waals surface area contributed by atoms with E-state index < -0.39 is 5.54 Å².